The van der Waals surface area contributed by atoms with Gasteiger partial charge in [0.05, 0.1) is 17.6 Å². The van der Waals surface area contributed by atoms with Gasteiger partial charge in [-0.1, -0.05) is 12.1 Å². The van der Waals surface area contributed by atoms with Gasteiger partial charge in [0.15, 0.2) is 0 Å². The Morgan fingerprint density at radius 1 is 1.00 bits per heavy atom. The van der Waals surface area contributed by atoms with Crippen molar-refractivity contribution in [3.05, 3.63) is 54.1 Å². The second kappa shape index (κ2) is 7.35. The summed E-state index contributed by atoms with van der Waals surface area (Å²) < 4.78 is 32.2. The first-order valence-corrected chi connectivity index (χ1v) is 9.59. The number of ether oxygens (including phenoxy) is 1. The summed E-state index contributed by atoms with van der Waals surface area (Å²) in [6, 6.07) is 13.3. The number of carboxylic acid groups (broad SMARTS) is 1. The molecule has 1 saturated heterocycles. The van der Waals surface area contributed by atoms with E-state index in [9.17, 15) is 18.3 Å². The highest BCUT2D eigenvalue weighted by atomic mass is 32.2. The van der Waals surface area contributed by atoms with Gasteiger partial charge in [-0.3, -0.25) is 0 Å². The molecule has 2 aromatic carbocycles. The van der Waals surface area contributed by atoms with Crippen LogP contribution in [0.3, 0.4) is 0 Å². The number of benzene rings is 2. The normalized spacial score (nSPS) is 15.7. The minimum Gasteiger partial charge on any atom is -0.497 e. The zero-order valence-corrected chi connectivity index (χ0v) is 15.1. The smallest absolute Gasteiger partial charge is 0.337 e. The van der Waals surface area contributed by atoms with Gasteiger partial charge in [0.1, 0.15) is 5.75 Å². The van der Waals surface area contributed by atoms with Crippen LogP contribution in [0.4, 0.5) is 5.69 Å². The van der Waals surface area contributed by atoms with E-state index in [4.69, 9.17) is 4.74 Å². The molecule has 1 fully saturated rings. The number of aromatic carboxylic acids is 1. The molecule has 1 heterocycles. The van der Waals surface area contributed by atoms with Crippen LogP contribution >= 0.6 is 0 Å². The summed E-state index contributed by atoms with van der Waals surface area (Å²) in [6.45, 7) is 1.65. The summed E-state index contributed by atoms with van der Waals surface area (Å²) in [5, 5.41) is 9.26. The van der Waals surface area contributed by atoms with Crippen molar-refractivity contribution in [2.45, 2.75) is 4.90 Å². The van der Waals surface area contributed by atoms with Gasteiger partial charge < -0.3 is 14.7 Å². The summed E-state index contributed by atoms with van der Waals surface area (Å²) in [6.07, 6.45) is 0. The Morgan fingerprint density at radius 3 is 2.19 bits per heavy atom. The van der Waals surface area contributed by atoms with Crippen LogP contribution in [-0.4, -0.2) is 57.1 Å². The lowest BCUT2D eigenvalue weighted by atomic mass is 10.2. The van der Waals surface area contributed by atoms with Crippen LogP contribution in [0.2, 0.25) is 0 Å². The fourth-order valence-corrected chi connectivity index (χ4v) is 4.59. The summed E-state index contributed by atoms with van der Waals surface area (Å²) in [5.41, 5.74) is 0.791. The van der Waals surface area contributed by atoms with E-state index in [2.05, 4.69) is 4.90 Å². The predicted molar refractivity (Wildman–Crippen MR) is 97.4 cm³/mol. The van der Waals surface area contributed by atoms with E-state index in [0.717, 1.165) is 11.4 Å². The van der Waals surface area contributed by atoms with E-state index in [-0.39, 0.29) is 10.5 Å². The van der Waals surface area contributed by atoms with Crippen molar-refractivity contribution in [3.8, 4) is 5.75 Å². The molecule has 0 unspecified atom stereocenters. The number of piperazine rings is 1. The number of nitrogens with zero attached hydrogens (tertiary/aromatic N) is 2. The third-order valence-corrected chi connectivity index (χ3v) is 6.37. The Kier molecular flexibility index (Phi) is 5.15. The van der Waals surface area contributed by atoms with Crippen LogP contribution in [0.25, 0.3) is 0 Å². The van der Waals surface area contributed by atoms with Gasteiger partial charge >= 0.3 is 5.97 Å². The van der Waals surface area contributed by atoms with Crippen LogP contribution in [0.1, 0.15) is 10.4 Å². The molecule has 0 saturated carbocycles. The first-order chi connectivity index (χ1) is 12.4. The maximum Gasteiger partial charge on any atom is 0.337 e. The highest BCUT2D eigenvalue weighted by Gasteiger charge is 2.31. The number of methoxy groups -OCH3 is 1. The van der Waals surface area contributed by atoms with Crippen molar-refractivity contribution in [1.29, 1.82) is 0 Å². The Labute approximate surface area is 152 Å². The van der Waals surface area contributed by atoms with Crippen molar-refractivity contribution in [2.75, 3.05) is 38.2 Å². The molecule has 138 valence electrons. The molecule has 1 N–H and O–H groups in total. The van der Waals surface area contributed by atoms with Crippen molar-refractivity contribution in [1.82, 2.24) is 4.31 Å². The standard InChI is InChI=1S/C18H20N2O5S/c1-25-15-8-6-14(7-9-15)19-10-12-20(13-11-19)26(23,24)17-5-3-2-4-16(17)18(21)22/h2-9H,10-13H2,1H3,(H,21,22). The number of carbonyl (C=O) groups is 1. The Hall–Kier alpha value is -2.58. The molecule has 0 spiro atoms. The summed E-state index contributed by atoms with van der Waals surface area (Å²) >= 11 is 0. The fraction of sp³-hybridized carbons (Fsp3) is 0.278. The van der Waals surface area contributed by atoms with Crippen molar-refractivity contribution >= 4 is 21.7 Å². The third-order valence-electron chi connectivity index (χ3n) is 4.41. The average Bonchev–Trinajstić information content (AvgIpc) is 2.68. The molecular weight excluding hydrogens is 356 g/mol. The number of hydrogen-bond donors (Lipinski definition) is 1. The molecule has 0 bridgehead atoms. The number of anilines is 1. The Morgan fingerprint density at radius 2 is 1.62 bits per heavy atom. The van der Waals surface area contributed by atoms with Gasteiger partial charge in [0.25, 0.3) is 0 Å². The fourth-order valence-electron chi connectivity index (χ4n) is 2.99. The summed E-state index contributed by atoms with van der Waals surface area (Å²) in [5.74, 6) is -0.485. The first kappa shape index (κ1) is 18.2. The number of hydrogen-bond acceptors (Lipinski definition) is 5. The van der Waals surface area contributed by atoms with E-state index in [1.165, 1.54) is 28.6 Å². The number of rotatable bonds is 5. The molecule has 0 aromatic heterocycles. The van der Waals surface area contributed by atoms with Crippen molar-refractivity contribution in [3.63, 3.8) is 0 Å². The minimum absolute atomic E-state index is 0.162. The van der Waals surface area contributed by atoms with Crippen molar-refractivity contribution < 1.29 is 23.1 Å². The van der Waals surface area contributed by atoms with Crippen LogP contribution in [0.5, 0.6) is 5.75 Å². The Bertz CT molecular complexity index is 888. The van der Waals surface area contributed by atoms with Gasteiger partial charge in [0.2, 0.25) is 10.0 Å². The molecule has 26 heavy (non-hydrogen) atoms. The zero-order chi connectivity index (χ0) is 18.7. The molecule has 0 amide bonds. The molecular formula is C18H20N2O5S. The number of carboxylic acids is 1. The highest BCUT2D eigenvalue weighted by molar-refractivity contribution is 7.89. The van der Waals surface area contributed by atoms with E-state index in [0.29, 0.717) is 26.2 Å². The van der Waals surface area contributed by atoms with Crippen molar-refractivity contribution in [2.24, 2.45) is 0 Å². The quantitative estimate of drug-likeness (QED) is 0.858. The third kappa shape index (κ3) is 3.51. The molecule has 1 aliphatic rings. The van der Waals surface area contributed by atoms with Gasteiger partial charge in [-0.15, -0.1) is 0 Å². The van der Waals surface area contributed by atoms with Gasteiger partial charge in [0, 0.05) is 31.9 Å². The molecule has 3 rings (SSSR count). The minimum atomic E-state index is -3.85. The van der Waals surface area contributed by atoms with Crippen LogP contribution in [0.15, 0.2) is 53.4 Å². The first-order valence-electron chi connectivity index (χ1n) is 8.15. The van der Waals surface area contributed by atoms with Gasteiger partial charge in [-0.05, 0) is 36.4 Å². The lowest BCUT2D eigenvalue weighted by molar-refractivity contribution is 0.0692. The van der Waals surface area contributed by atoms with Gasteiger partial charge in [-0.2, -0.15) is 4.31 Å². The Balaban J connectivity index is 1.75. The lowest BCUT2D eigenvalue weighted by Gasteiger charge is -2.35. The van der Waals surface area contributed by atoms with E-state index < -0.39 is 16.0 Å². The maximum atomic E-state index is 12.9. The zero-order valence-electron chi connectivity index (χ0n) is 14.3. The predicted octanol–water partition coefficient (Wildman–Crippen LogP) is 1.90. The SMILES string of the molecule is COc1ccc(N2CCN(S(=O)(=O)c3ccccc3C(=O)O)CC2)cc1. The number of sulfonamides is 1. The molecule has 8 heteroatoms. The summed E-state index contributed by atoms with van der Waals surface area (Å²) in [7, 11) is -2.24. The molecule has 0 atom stereocenters. The molecule has 2 aromatic rings. The van der Waals surface area contributed by atoms with E-state index in [1.54, 1.807) is 7.11 Å². The molecule has 7 nitrogen and oxygen atoms in total. The van der Waals surface area contributed by atoms with Crippen LogP contribution in [-0.2, 0) is 10.0 Å². The maximum absolute atomic E-state index is 12.9. The highest BCUT2D eigenvalue weighted by Crippen LogP contribution is 2.24. The molecule has 1 aliphatic heterocycles. The topological polar surface area (TPSA) is 87.2 Å². The van der Waals surface area contributed by atoms with E-state index >= 15 is 0 Å². The molecule has 0 aliphatic carbocycles. The van der Waals surface area contributed by atoms with Gasteiger partial charge in [-0.25, -0.2) is 13.2 Å². The average molecular weight is 376 g/mol. The second-order valence-electron chi connectivity index (χ2n) is 5.89. The second-order valence-corrected chi connectivity index (χ2v) is 7.80. The monoisotopic (exact) mass is 376 g/mol. The largest absolute Gasteiger partial charge is 0.497 e. The lowest BCUT2D eigenvalue weighted by Crippen LogP contribution is -2.48. The molecule has 0 radical (unpaired) electrons. The van der Waals surface area contributed by atoms with E-state index in [1.807, 2.05) is 24.3 Å². The van der Waals surface area contributed by atoms with Crippen LogP contribution in [0, 0.1) is 0 Å². The summed E-state index contributed by atoms with van der Waals surface area (Å²) in [4.78, 5) is 13.3. The van der Waals surface area contributed by atoms with Crippen LogP contribution < -0.4 is 9.64 Å².